The number of imide groups is 1. The highest BCUT2D eigenvalue weighted by atomic mass is 31.2. The SMILES string of the molecule is NC(=O)CC[C@H](NC(=O)[C@@H]1CC[C@@H]2CCN(C(=O)CCCCCC#Cc3cccc4c3CN(C3CCC(=O)NC3=O)C4=O)C[C@H](NC(=O)c3cc4cc(C(F)(F)P(=O)(O)O)ccc4[nH]3)C(=O)N21)C(=O)NC(c1cccc(F)c1)c1cccc(F)c1. The number of aromatic amines is 1. The predicted octanol–water partition coefficient (Wildman–Crippen LogP) is 4.78. The highest BCUT2D eigenvalue weighted by molar-refractivity contribution is 7.52. The highest BCUT2D eigenvalue weighted by Gasteiger charge is 2.51. The number of halogens is 4. The summed E-state index contributed by atoms with van der Waals surface area (Å²) in [6, 6.07) is 12.5. The number of carbonyl (C=O) groups is 9. The number of primary amides is 1. The second-order valence-electron chi connectivity index (χ2n) is 21.4. The number of benzene rings is 4. The molecule has 9 rings (SSSR count). The van der Waals surface area contributed by atoms with Crippen LogP contribution < -0.4 is 27.0 Å². The van der Waals surface area contributed by atoms with Crippen LogP contribution in [0.1, 0.15) is 132 Å². The lowest BCUT2D eigenvalue weighted by atomic mass is 9.97. The number of nitrogens with zero attached hydrogens (tertiary/aromatic N) is 3. The summed E-state index contributed by atoms with van der Waals surface area (Å²) < 4.78 is 70.2. The van der Waals surface area contributed by atoms with Crippen LogP contribution in [0.4, 0.5) is 17.6 Å². The molecule has 85 heavy (non-hydrogen) atoms. The van der Waals surface area contributed by atoms with Crippen molar-refractivity contribution in [2.24, 2.45) is 5.73 Å². The molecule has 0 aliphatic carbocycles. The summed E-state index contributed by atoms with van der Waals surface area (Å²) >= 11 is 0. The van der Waals surface area contributed by atoms with Gasteiger partial charge in [-0.05, 0) is 116 Å². The fourth-order valence-corrected chi connectivity index (χ4v) is 11.8. The van der Waals surface area contributed by atoms with Gasteiger partial charge in [-0.15, -0.1) is 0 Å². The molecule has 1 unspecified atom stereocenters. The predicted molar refractivity (Wildman–Crippen MR) is 296 cm³/mol. The van der Waals surface area contributed by atoms with Crippen molar-refractivity contribution in [1.29, 1.82) is 0 Å². The summed E-state index contributed by atoms with van der Waals surface area (Å²) in [6.07, 6.45) is 2.12. The first kappa shape index (κ1) is 60.9. The Hall–Kier alpha value is -8.72. The van der Waals surface area contributed by atoms with Crippen molar-refractivity contribution in [2.75, 3.05) is 13.1 Å². The number of fused-ring (bicyclic) bond motifs is 3. The van der Waals surface area contributed by atoms with Gasteiger partial charge in [0, 0.05) is 79.0 Å². The van der Waals surface area contributed by atoms with Crippen LogP contribution in [0.25, 0.3) is 10.9 Å². The minimum Gasteiger partial charge on any atom is -0.370 e. The number of nitrogens with one attached hydrogen (secondary N) is 5. The number of alkyl halides is 2. The van der Waals surface area contributed by atoms with Crippen LogP contribution in [-0.4, -0.2) is 126 Å². The quantitative estimate of drug-likeness (QED) is 0.0182. The summed E-state index contributed by atoms with van der Waals surface area (Å²) in [4.78, 5) is 147. The molecule has 5 heterocycles. The molecule has 0 radical (unpaired) electrons. The van der Waals surface area contributed by atoms with E-state index in [1.54, 1.807) is 18.2 Å². The first-order valence-electron chi connectivity index (χ1n) is 27.6. The van der Waals surface area contributed by atoms with Crippen molar-refractivity contribution in [2.45, 2.75) is 126 Å². The molecule has 9 amide bonds. The average Bonchev–Trinajstić information content (AvgIpc) is 2.58. The number of hydrogen-bond acceptors (Lipinski definition) is 10. The lowest BCUT2D eigenvalue weighted by molar-refractivity contribution is -0.145. The van der Waals surface area contributed by atoms with Gasteiger partial charge in [0.15, 0.2) is 0 Å². The molecule has 446 valence electrons. The summed E-state index contributed by atoms with van der Waals surface area (Å²) in [6.45, 7) is -0.157. The van der Waals surface area contributed by atoms with E-state index in [1.165, 1.54) is 51.1 Å². The maximum atomic E-state index is 15.0. The Kier molecular flexibility index (Phi) is 18.4. The number of nitrogens with two attached hydrogens (primary N) is 1. The summed E-state index contributed by atoms with van der Waals surface area (Å²) in [5, 5.41) is 10.3. The van der Waals surface area contributed by atoms with E-state index in [-0.39, 0.29) is 116 Å². The molecule has 0 saturated carbocycles. The molecule has 5 atom stereocenters. The molecule has 4 aromatic carbocycles. The molecule has 3 saturated heterocycles. The fraction of sp³-hybridized carbons (Fsp3) is 0.373. The van der Waals surface area contributed by atoms with Gasteiger partial charge < -0.3 is 51.2 Å². The van der Waals surface area contributed by atoms with Crippen LogP contribution in [0.2, 0.25) is 0 Å². The summed E-state index contributed by atoms with van der Waals surface area (Å²) in [5.41, 5.74) is 1.94. The molecular weight excluding hydrogens is 1130 g/mol. The number of carbonyl (C=O) groups excluding carboxylic acids is 9. The number of hydrogen-bond donors (Lipinski definition) is 8. The molecule has 1 aromatic heterocycles. The van der Waals surface area contributed by atoms with Gasteiger partial charge >= 0.3 is 13.3 Å². The van der Waals surface area contributed by atoms with Crippen LogP contribution in [-0.2, 0) is 50.3 Å². The van der Waals surface area contributed by atoms with E-state index < -0.39 is 102 Å². The van der Waals surface area contributed by atoms with Gasteiger partial charge in [0.05, 0.1) is 6.04 Å². The summed E-state index contributed by atoms with van der Waals surface area (Å²) in [5.74, 6) is -0.871. The van der Waals surface area contributed by atoms with E-state index in [0.29, 0.717) is 42.4 Å². The van der Waals surface area contributed by atoms with Crippen molar-refractivity contribution >= 4 is 71.7 Å². The van der Waals surface area contributed by atoms with Crippen LogP contribution in [0.3, 0.4) is 0 Å². The number of piperidine rings is 1. The fourth-order valence-electron chi connectivity index (χ4n) is 11.3. The van der Waals surface area contributed by atoms with Crippen molar-refractivity contribution in [3.8, 4) is 11.8 Å². The third-order valence-corrected chi connectivity index (χ3v) is 16.7. The number of H-pyrrole nitrogens is 1. The third-order valence-electron chi connectivity index (χ3n) is 15.7. The van der Waals surface area contributed by atoms with Crippen molar-refractivity contribution < 1.29 is 75.1 Å². The highest BCUT2D eigenvalue weighted by Crippen LogP contribution is 2.59. The number of aromatic nitrogens is 1. The van der Waals surface area contributed by atoms with Gasteiger partial charge in [-0.3, -0.25) is 53.0 Å². The average molecular weight is 1190 g/mol. The monoisotopic (exact) mass is 1190 g/mol. The van der Waals surface area contributed by atoms with Gasteiger partial charge in [0.2, 0.25) is 41.4 Å². The molecule has 21 nitrogen and oxygen atoms in total. The smallest absolute Gasteiger partial charge is 0.370 e. The lowest BCUT2D eigenvalue weighted by Crippen LogP contribution is -2.62. The molecule has 26 heteroatoms. The van der Waals surface area contributed by atoms with Gasteiger partial charge in [-0.25, -0.2) is 8.78 Å². The zero-order valence-electron chi connectivity index (χ0n) is 45.6. The van der Waals surface area contributed by atoms with Crippen molar-refractivity contribution in [3.63, 3.8) is 0 Å². The maximum Gasteiger partial charge on any atom is 0.399 e. The van der Waals surface area contributed by atoms with Crippen molar-refractivity contribution in [1.82, 2.24) is 41.0 Å². The van der Waals surface area contributed by atoms with E-state index in [4.69, 9.17) is 5.73 Å². The Morgan fingerprint density at radius 2 is 1.55 bits per heavy atom. The summed E-state index contributed by atoms with van der Waals surface area (Å²) in [7, 11) is -5.96. The first-order valence-corrected chi connectivity index (χ1v) is 29.2. The molecule has 5 aromatic rings. The van der Waals surface area contributed by atoms with Crippen LogP contribution >= 0.6 is 7.60 Å². The van der Waals surface area contributed by atoms with Gasteiger partial charge in [-0.1, -0.05) is 54.7 Å². The number of amides is 9. The Balaban J connectivity index is 0.895. The van der Waals surface area contributed by atoms with Crippen molar-refractivity contribution in [3.05, 3.63) is 142 Å². The molecule has 3 fully saturated rings. The Morgan fingerprint density at radius 3 is 2.24 bits per heavy atom. The Labute approximate surface area is 483 Å². The minimum absolute atomic E-state index is 0.0316. The van der Waals surface area contributed by atoms with Gasteiger partial charge in [0.25, 0.3) is 11.8 Å². The van der Waals surface area contributed by atoms with Gasteiger partial charge in [0.1, 0.15) is 41.5 Å². The topological polar surface area (TPSA) is 311 Å². The van der Waals surface area contributed by atoms with Crippen LogP contribution in [0.15, 0.2) is 91.0 Å². The molecule has 4 aliphatic heterocycles. The molecule has 9 N–H and O–H groups in total. The number of rotatable bonds is 19. The van der Waals surface area contributed by atoms with Gasteiger partial charge in [-0.2, -0.15) is 8.78 Å². The maximum absolute atomic E-state index is 15.0. The lowest BCUT2D eigenvalue weighted by Gasteiger charge is -2.39. The third kappa shape index (κ3) is 13.8. The van der Waals surface area contributed by atoms with E-state index in [1.807, 2.05) is 0 Å². The van der Waals surface area contributed by atoms with E-state index in [0.717, 1.165) is 36.4 Å². The van der Waals surface area contributed by atoms with Crippen LogP contribution in [0, 0.1) is 23.5 Å². The second kappa shape index (κ2) is 25.6. The molecule has 4 aliphatic rings. The van der Waals surface area contributed by atoms with E-state index in [2.05, 4.69) is 38.1 Å². The standard InChI is InChI=1S/C59H60F4N9O12P/c60-38-13-6-11-34(28-38)52(35-12-7-14-39(61)29-35)69-53(76)44(20-23-49(64)73)66-56(79)48-21-18-40-25-26-70(32-46(58(81)72(40)48)67-54(77)45-30-36-27-37(17-19-43(36)65-45)59(62,63)85(82,83)84)51(75)16-5-3-1-2-4-9-33-10-8-15-41-42(33)31-71(57(41)80)47-22-24-50(74)68-55(47)78/h6-8,10-15,17,19,27-30,40,44,46-48,52,65H,1-3,5,16,18,20-26,31-32H2,(H2,64,73)(H,66,79)(H,67,77)(H,69,76)(H,68,74,78)(H2,82,83,84)/t40-,44+,46+,47?,48+/m1/s1. The zero-order chi connectivity index (χ0) is 60.9. The minimum atomic E-state index is -5.96. The van der Waals surface area contributed by atoms with Crippen LogP contribution in [0.5, 0.6) is 0 Å². The second-order valence-corrected chi connectivity index (χ2v) is 23.1. The molecule has 0 spiro atoms. The normalized spacial score (nSPS) is 19.3. The largest absolute Gasteiger partial charge is 0.399 e. The van der Waals surface area contributed by atoms with E-state index >= 15 is 4.79 Å². The Morgan fingerprint density at radius 1 is 0.835 bits per heavy atom. The number of unbranched alkanes of at least 4 members (excludes halogenated alkanes) is 3. The zero-order valence-corrected chi connectivity index (χ0v) is 46.5. The van der Waals surface area contributed by atoms with E-state index in [9.17, 15) is 70.3 Å². The first-order chi connectivity index (χ1) is 40.5. The molecule has 0 bridgehead atoms. The Bertz CT molecular complexity index is 3570. The molecular formula is C59H60F4N9O12P.